The summed E-state index contributed by atoms with van der Waals surface area (Å²) in [6.07, 6.45) is 1.85. The van der Waals surface area contributed by atoms with E-state index in [4.69, 9.17) is 0 Å². The molecular formula is C12H14ClF2IN2O. The summed E-state index contributed by atoms with van der Waals surface area (Å²) < 4.78 is 26.8. The molecule has 0 radical (unpaired) electrons. The van der Waals surface area contributed by atoms with Crippen LogP contribution in [0.5, 0.6) is 0 Å². The molecule has 1 saturated heterocycles. The zero-order valence-electron chi connectivity index (χ0n) is 10.0. The fourth-order valence-electron chi connectivity index (χ4n) is 1.93. The highest BCUT2D eigenvalue weighted by Gasteiger charge is 2.19. The second-order valence-electron chi connectivity index (χ2n) is 4.26. The minimum atomic E-state index is -0.825. The Morgan fingerprint density at radius 1 is 1.37 bits per heavy atom. The lowest BCUT2D eigenvalue weighted by molar-refractivity contribution is 0.0926. The Morgan fingerprint density at radius 2 is 2.11 bits per heavy atom. The molecule has 19 heavy (non-hydrogen) atoms. The van der Waals surface area contributed by atoms with Gasteiger partial charge in [0.25, 0.3) is 5.91 Å². The van der Waals surface area contributed by atoms with Crippen LogP contribution in [0.15, 0.2) is 12.1 Å². The molecule has 1 aliphatic rings. The van der Waals surface area contributed by atoms with E-state index in [0.29, 0.717) is 6.54 Å². The lowest BCUT2D eigenvalue weighted by Crippen LogP contribution is -2.45. The van der Waals surface area contributed by atoms with Crippen LogP contribution < -0.4 is 10.6 Å². The molecule has 1 aromatic rings. The van der Waals surface area contributed by atoms with Gasteiger partial charge >= 0.3 is 0 Å². The van der Waals surface area contributed by atoms with Crippen molar-refractivity contribution in [1.29, 1.82) is 0 Å². The topological polar surface area (TPSA) is 41.1 Å². The van der Waals surface area contributed by atoms with Gasteiger partial charge in [-0.3, -0.25) is 4.79 Å². The number of halogens is 4. The number of carbonyl (C=O) groups excluding carboxylic acids is 1. The Bertz CT molecular complexity index is 467. The summed E-state index contributed by atoms with van der Waals surface area (Å²) in [6.45, 7) is 1.63. The second kappa shape index (κ2) is 7.35. The quantitative estimate of drug-likeness (QED) is 0.589. The molecule has 0 spiro atoms. The van der Waals surface area contributed by atoms with E-state index in [-0.39, 0.29) is 27.6 Å². The number of nitrogens with one attached hydrogen (secondary N) is 2. The molecule has 0 aromatic heterocycles. The van der Waals surface area contributed by atoms with Crippen molar-refractivity contribution < 1.29 is 13.6 Å². The number of carbonyl (C=O) groups is 1. The first-order chi connectivity index (χ1) is 8.58. The van der Waals surface area contributed by atoms with Gasteiger partial charge in [0.15, 0.2) is 0 Å². The zero-order chi connectivity index (χ0) is 13.1. The number of amides is 1. The van der Waals surface area contributed by atoms with Crippen molar-refractivity contribution in [2.24, 2.45) is 0 Å². The smallest absolute Gasteiger partial charge is 0.254 e. The third-order valence-corrected chi connectivity index (χ3v) is 3.71. The van der Waals surface area contributed by atoms with Crippen molar-refractivity contribution in [1.82, 2.24) is 10.6 Å². The molecule has 1 aliphatic heterocycles. The van der Waals surface area contributed by atoms with Gasteiger partial charge in [0.1, 0.15) is 11.6 Å². The Labute approximate surface area is 130 Å². The molecular weight excluding hydrogens is 388 g/mol. The van der Waals surface area contributed by atoms with Crippen LogP contribution in [0.4, 0.5) is 8.78 Å². The number of piperidine rings is 1. The molecule has 1 aromatic carbocycles. The largest absolute Gasteiger partial charge is 0.348 e. The third kappa shape index (κ3) is 4.25. The molecule has 2 N–H and O–H groups in total. The van der Waals surface area contributed by atoms with Crippen LogP contribution in [0.2, 0.25) is 0 Å². The van der Waals surface area contributed by atoms with E-state index in [2.05, 4.69) is 10.6 Å². The molecule has 1 heterocycles. The highest BCUT2D eigenvalue weighted by atomic mass is 127. The number of rotatable bonds is 2. The van der Waals surface area contributed by atoms with Crippen molar-refractivity contribution in [3.8, 4) is 0 Å². The van der Waals surface area contributed by atoms with Gasteiger partial charge in [-0.05, 0) is 48.0 Å². The monoisotopic (exact) mass is 402 g/mol. The minimum absolute atomic E-state index is 0. The summed E-state index contributed by atoms with van der Waals surface area (Å²) >= 11 is 1.74. The molecule has 106 valence electrons. The summed E-state index contributed by atoms with van der Waals surface area (Å²) in [6, 6.07) is 1.99. The minimum Gasteiger partial charge on any atom is -0.348 e. The van der Waals surface area contributed by atoms with Gasteiger partial charge < -0.3 is 10.6 Å². The van der Waals surface area contributed by atoms with Crippen molar-refractivity contribution in [3.05, 3.63) is 32.9 Å². The van der Waals surface area contributed by atoms with Crippen LogP contribution in [0, 0.1) is 15.2 Å². The van der Waals surface area contributed by atoms with Crippen LogP contribution in [0.3, 0.4) is 0 Å². The SMILES string of the molecule is Cl.O=C(N[C@@H]1CCCNC1)c1cc(I)c(F)cc1F. The molecule has 2 rings (SSSR count). The average Bonchev–Trinajstić information content (AvgIpc) is 2.35. The molecule has 1 fully saturated rings. The van der Waals surface area contributed by atoms with Gasteiger partial charge in [-0.25, -0.2) is 8.78 Å². The highest BCUT2D eigenvalue weighted by Crippen LogP contribution is 2.17. The Hall–Kier alpha value is -0.470. The Kier molecular flexibility index (Phi) is 6.41. The van der Waals surface area contributed by atoms with Gasteiger partial charge in [0, 0.05) is 22.2 Å². The van der Waals surface area contributed by atoms with E-state index >= 15 is 0 Å². The van der Waals surface area contributed by atoms with Crippen molar-refractivity contribution in [3.63, 3.8) is 0 Å². The predicted octanol–water partition coefficient (Wildman–Crippen LogP) is 2.47. The fraction of sp³-hybridized carbons (Fsp3) is 0.417. The van der Waals surface area contributed by atoms with Crippen molar-refractivity contribution in [2.45, 2.75) is 18.9 Å². The average molecular weight is 403 g/mol. The lowest BCUT2D eigenvalue weighted by atomic mass is 10.1. The van der Waals surface area contributed by atoms with Crippen LogP contribution in [0.1, 0.15) is 23.2 Å². The van der Waals surface area contributed by atoms with E-state index in [1.165, 1.54) is 6.07 Å². The number of hydrogen-bond donors (Lipinski definition) is 2. The Balaban J connectivity index is 0.00000180. The first kappa shape index (κ1) is 16.6. The number of hydrogen-bond acceptors (Lipinski definition) is 2. The van der Waals surface area contributed by atoms with Crippen LogP contribution in [0.25, 0.3) is 0 Å². The fourth-order valence-corrected chi connectivity index (χ4v) is 2.40. The second-order valence-corrected chi connectivity index (χ2v) is 5.43. The standard InChI is InChI=1S/C12H13F2IN2O.ClH/c13-9-5-10(14)11(15)4-8(9)12(18)17-7-2-1-3-16-6-7;/h4-5,7,16H,1-3,6H2,(H,17,18);1H/t7-;/m1./s1. The van der Waals surface area contributed by atoms with Crippen LogP contribution in [-0.4, -0.2) is 25.0 Å². The number of benzene rings is 1. The molecule has 0 saturated carbocycles. The van der Waals surface area contributed by atoms with Crippen LogP contribution >= 0.6 is 35.0 Å². The van der Waals surface area contributed by atoms with Gasteiger partial charge in [-0.1, -0.05) is 0 Å². The van der Waals surface area contributed by atoms with Gasteiger partial charge in [-0.15, -0.1) is 12.4 Å². The molecule has 1 atom stereocenters. The molecule has 0 unspecified atom stereocenters. The maximum Gasteiger partial charge on any atom is 0.254 e. The third-order valence-electron chi connectivity index (χ3n) is 2.89. The van der Waals surface area contributed by atoms with Crippen molar-refractivity contribution in [2.75, 3.05) is 13.1 Å². The normalized spacial score (nSPS) is 18.6. The summed E-state index contributed by atoms with van der Waals surface area (Å²) in [5.41, 5.74) is -0.105. The van der Waals surface area contributed by atoms with E-state index in [1.54, 1.807) is 22.6 Å². The molecule has 1 amide bonds. The van der Waals surface area contributed by atoms with Gasteiger partial charge in [-0.2, -0.15) is 0 Å². The molecule has 7 heteroatoms. The molecule has 3 nitrogen and oxygen atoms in total. The van der Waals surface area contributed by atoms with E-state index in [9.17, 15) is 13.6 Å². The highest BCUT2D eigenvalue weighted by molar-refractivity contribution is 14.1. The van der Waals surface area contributed by atoms with E-state index in [1.807, 2.05) is 0 Å². The molecule has 0 bridgehead atoms. The maximum atomic E-state index is 13.5. The Morgan fingerprint density at radius 3 is 2.74 bits per heavy atom. The van der Waals surface area contributed by atoms with Crippen LogP contribution in [-0.2, 0) is 0 Å². The first-order valence-electron chi connectivity index (χ1n) is 5.74. The van der Waals surface area contributed by atoms with Gasteiger partial charge in [0.05, 0.1) is 5.56 Å². The van der Waals surface area contributed by atoms with E-state index < -0.39 is 17.5 Å². The molecule has 0 aliphatic carbocycles. The summed E-state index contributed by atoms with van der Waals surface area (Å²) in [4.78, 5) is 11.9. The summed E-state index contributed by atoms with van der Waals surface area (Å²) in [5.74, 6) is -1.96. The van der Waals surface area contributed by atoms with E-state index in [0.717, 1.165) is 25.5 Å². The zero-order valence-corrected chi connectivity index (χ0v) is 13.0. The lowest BCUT2D eigenvalue weighted by Gasteiger charge is -2.23. The first-order valence-corrected chi connectivity index (χ1v) is 6.82. The van der Waals surface area contributed by atoms with Crippen molar-refractivity contribution >= 4 is 40.9 Å². The maximum absolute atomic E-state index is 13.5. The summed E-state index contributed by atoms with van der Waals surface area (Å²) in [7, 11) is 0. The predicted molar refractivity (Wildman–Crippen MR) is 79.7 cm³/mol. The summed E-state index contributed by atoms with van der Waals surface area (Å²) in [5, 5.41) is 5.91. The van der Waals surface area contributed by atoms with Gasteiger partial charge in [0.2, 0.25) is 0 Å².